The monoisotopic (exact) mass is 661 g/mol. The lowest BCUT2D eigenvalue weighted by Gasteiger charge is -2.34. The van der Waals surface area contributed by atoms with Gasteiger partial charge in [0.2, 0.25) is 11.8 Å². The molecule has 10 heteroatoms. The van der Waals surface area contributed by atoms with Crippen LogP contribution >= 0.6 is 11.6 Å². The molecule has 0 spiro atoms. The summed E-state index contributed by atoms with van der Waals surface area (Å²) >= 11 is 6.15. The van der Waals surface area contributed by atoms with Crippen molar-refractivity contribution in [3.05, 3.63) is 125 Å². The molecule has 1 atom stereocenters. The van der Waals surface area contributed by atoms with Crippen LogP contribution in [-0.2, 0) is 32.6 Å². The maximum absolute atomic E-state index is 14.5. The Hall–Kier alpha value is -4.34. The molecule has 8 nitrogen and oxygen atoms in total. The number of hydrogen-bond donors (Lipinski definition) is 1. The highest BCUT2D eigenvalue weighted by molar-refractivity contribution is 7.92. The van der Waals surface area contributed by atoms with Gasteiger partial charge in [-0.1, -0.05) is 85.1 Å². The molecule has 4 aromatic rings. The second-order valence-electron chi connectivity index (χ2n) is 11.0. The van der Waals surface area contributed by atoms with E-state index in [2.05, 4.69) is 5.32 Å². The molecule has 0 aliphatic carbocycles. The number of anilines is 1. The van der Waals surface area contributed by atoms with Gasteiger partial charge < -0.3 is 15.0 Å². The fourth-order valence-electron chi connectivity index (χ4n) is 4.96. The SMILES string of the molecule is CCCCNC(=O)[C@@H](Cc1ccccc1)N(Cc1ccc(Cl)cc1)C(=O)CN(c1ccc(C)cc1)S(=O)(=O)c1ccc(OC)cc1. The number of aryl methyl sites for hydroxylation is 1. The van der Waals surface area contributed by atoms with Gasteiger partial charge in [-0.25, -0.2) is 8.42 Å². The van der Waals surface area contributed by atoms with Gasteiger partial charge in [0, 0.05) is 24.5 Å². The summed E-state index contributed by atoms with van der Waals surface area (Å²) in [6.07, 6.45) is 1.93. The summed E-state index contributed by atoms with van der Waals surface area (Å²) in [5.41, 5.74) is 2.88. The molecule has 242 valence electrons. The molecule has 0 bridgehead atoms. The van der Waals surface area contributed by atoms with Crippen molar-refractivity contribution in [3.8, 4) is 5.75 Å². The van der Waals surface area contributed by atoms with Crippen LogP contribution in [0.1, 0.15) is 36.5 Å². The normalized spacial score (nSPS) is 11.8. The highest BCUT2D eigenvalue weighted by atomic mass is 35.5. The molecule has 1 N–H and O–H groups in total. The summed E-state index contributed by atoms with van der Waals surface area (Å²) in [6, 6.07) is 28.5. The van der Waals surface area contributed by atoms with E-state index in [-0.39, 0.29) is 23.8 Å². The first-order chi connectivity index (χ1) is 22.1. The van der Waals surface area contributed by atoms with Crippen LogP contribution in [-0.4, -0.2) is 51.4 Å². The number of amides is 2. The first-order valence-corrected chi connectivity index (χ1v) is 17.0. The van der Waals surface area contributed by atoms with Crippen molar-refractivity contribution in [1.82, 2.24) is 10.2 Å². The number of nitrogens with one attached hydrogen (secondary N) is 1. The second-order valence-corrected chi connectivity index (χ2v) is 13.3. The predicted molar refractivity (Wildman–Crippen MR) is 183 cm³/mol. The molecule has 0 aromatic heterocycles. The van der Waals surface area contributed by atoms with E-state index < -0.39 is 28.5 Å². The number of sulfonamides is 1. The van der Waals surface area contributed by atoms with Crippen LogP contribution in [0.2, 0.25) is 5.02 Å². The Bertz CT molecular complexity index is 1680. The molecule has 0 aliphatic rings. The van der Waals surface area contributed by atoms with E-state index in [1.807, 2.05) is 44.2 Å². The van der Waals surface area contributed by atoms with Crippen molar-refractivity contribution in [2.75, 3.05) is 24.5 Å². The van der Waals surface area contributed by atoms with Crippen molar-refractivity contribution < 1.29 is 22.7 Å². The van der Waals surface area contributed by atoms with Crippen LogP contribution in [0.5, 0.6) is 5.75 Å². The molecule has 0 saturated heterocycles. The standard InChI is InChI=1S/C36H40ClN3O5S/c1-4-5-23-38-36(42)34(24-28-9-7-6-8-10-28)39(25-29-13-15-30(37)16-14-29)35(41)26-40(31-17-11-27(2)12-18-31)46(43,44)33-21-19-32(45-3)20-22-33/h6-22,34H,4-5,23-26H2,1-3H3,(H,38,42)/t34-/m1/s1. The largest absolute Gasteiger partial charge is 0.497 e. The Balaban J connectivity index is 1.78. The van der Waals surface area contributed by atoms with Crippen molar-refractivity contribution in [2.24, 2.45) is 0 Å². The van der Waals surface area contributed by atoms with Gasteiger partial charge in [-0.2, -0.15) is 0 Å². The molecule has 0 fully saturated rings. The average molecular weight is 662 g/mol. The second kappa shape index (κ2) is 16.3. The minimum Gasteiger partial charge on any atom is -0.497 e. The van der Waals surface area contributed by atoms with Gasteiger partial charge in [0.05, 0.1) is 17.7 Å². The lowest BCUT2D eigenvalue weighted by atomic mass is 10.0. The number of hydrogen-bond acceptors (Lipinski definition) is 5. The number of unbranched alkanes of at least 4 members (excludes halogenated alkanes) is 1. The zero-order valence-electron chi connectivity index (χ0n) is 26.4. The van der Waals surface area contributed by atoms with Gasteiger partial charge in [-0.15, -0.1) is 0 Å². The number of carbonyl (C=O) groups is 2. The van der Waals surface area contributed by atoms with E-state index >= 15 is 0 Å². The molecule has 0 saturated carbocycles. The number of nitrogens with zero attached hydrogens (tertiary/aromatic N) is 2. The van der Waals surface area contributed by atoms with Crippen LogP contribution in [0.25, 0.3) is 0 Å². The van der Waals surface area contributed by atoms with E-state index in [1.54, 1.807) is 60.7 Å². The molecule has 4 rings (SSSR count). The Labute approximate surface area is 277 Å². The summed E-state index contributed by atoms with van der Waals surface area (Å²) in [7, 11) is -2.71. The zero-order chi connectivity index (χ0) is 33.1. The number of halogens is 1. The predicted octanol–water partition coefficient (Wildman–Crippen LogP) is 6.41. The van der Waals surface area contributed by atoms with Crippen molar-refractivity contribution in [2.45, 2.75) is 50.6 Å². The van der Waals surface area contributed by atoms with Gasteiger partial charge in [0.1, 0.15) is 18.3 Å². The molecule has 0 aliphatic heterocycles. The Morgan fingerprint density at radius 2 is 1.52 bits per heavy atom. The summed E-state index contributed by atoms with van der Waals surface area (Å²) < 4.78 is 34.6. The summed E-state index contributed by atoms with van der Waals surface area (Å²) in [5.74, 6) is -0.331. The molecular formula is C36H40ClN3O5S. The third kappa shape index (κ3) is 9.11. The molecule has 0 unspecified atom stereocenters. The number of ether oxygens (including phenoxy) is 1. The van der Waals surface area contributed by atoms with Gasteiger partial charge in [0.15, 0.2) is 0 Å². The molecule has 0 radical (unpaired) electrons. The maximum atomic E-state index is 14.5. The van der Waals surface area contributed by atoms with E-state index in [1.165, 1.54) is 24.1 Å². The highest BCUT2D eigenvalue weighted by Gasteiger charge is 2.34. The summed E-state index contributed by atoms with van der Waals surface area (Å²) in [6.45, 7) is 3.94. The van der Waals surface area contributed by atoms with Crippen LogP contribution in [0.4, 0.5) is 5.69 Å². The topological polar surface area (TPSA) is 96.0 Å². The van der Waals surface area contributed by atoms with Crippen molar-refractivity contribution >= 4 is 39.1 Å². The molecular weight excluding hydrogens is 622 g/mol. The van der Waals surface area contributed by atoms with Crippen molar-refractivity contribution in [3.63, 3.8) is 0 Å². The van der Waals surface area contributed by atoms with E-state index in [0.717, 1.165) is 33.8 Å². The lowest BCUT2D eigenvalue weighted by Crippen LogP contribution is -2.53. The van der Waals surface area contributed by atoms with Crippen molar-refractivity contribution in [1.29, 1.82) is 0 Å². The number of methoxy groups -OCH3 is 1. The Morgan fingerprint density at radius 3 is 2.13 bits per heavy atom. The van der Waals surface area contributed by atoms with Crippen LogP contribution in [0.3, 0.4) is 0 Å². The first-order valence-electron chi connectivity index (χ1n) is 15.2. The van der Waals surface area contributed by atoms with Crippen LogP contribution < -0.4 is 14.4 Å². The van der Waals surface area contributed by atoms with Gasteiger partial charge in [-0.05, 0) is 73.0 Å². The molecule has 4 aromatic carbocycles. The van der Waals surface area contributed by atoms with Gasteiger partial charge in [0.25, 0.3) is 10.0 Å². The van der Waals surface area contributed by atoms with E-state index in [4.69, 9.17) is 16.3 Å². The van der Waals surface area contributed by atoms with Gasteiger partial charge >= 0.3 is 0 Å². The van der Waals surface area contributed by atoms with E-state index in [0.29, 0.717) is 23.0 Å². The maximum Gasteiger partial charge on any atom is 0.264 e. The molecule has 0 heterocycles. The highest BCUT2D eigenvalue weighted by Crippen LogP contribution is 2.27. The fourth-order valence-corrected chi connectivity index (χ4v) is 6.50. The third-order valence-electron chi connectivity index (χ3n) is 7.62. The Kier molecular flexibility index (Phi) is 12.2. The number of benzene rings is 4. The number of carbonyl (C=O) groups excluding carboxylic acids is 2. The summed E-state index contributed by atoms with van der Waals surface area (Å²) in [4.78, 5) is 29.8. The van der Waals surface area contributed by atoms with Crippen LogP contribution in [0, 0.1) is 6.92 Å². The zero-order valence-corrected chi connectivity index (χ0v) is 27.9. The first kappa shape index (κ1) is 34.5. The molecule has 46 heavy (non-hydrogen) atoms. The lowest BCUT2D eigenvalue weighted by molar-refractivity contribution is -0.140. The Morgan fingerprint density at radius 1 is 0.870 bits per heavy atom. The fraction of sp³-hybridized carbons (Fsp3) is 0.278. The minimum absolute atomic E-state index is 0.00377. The quantitative estimate of drug-likeness (QED) is 0.149. The molecule has 2 amide bonds. The summed E-state index contributed by atoms with van der Waals surface area (Å²) in [5, 5.41) is 3.53. The number of rotatable bonds is 15. The van der Waals surface area contributed by atoms with E-state index in [9.17, 15) is 18.0 Å². The minimum atomic E-state index is -4.21. The van der Waals surface area contributed by atoms with Crippen LogP contribution in [0.15, 0.2) is 108 Å². The third-order valence-corrected chi connectivity index (χ3v) is 9.66. The average Bonchev–Trinajstić information content (AvgIpc) is 3.07. The smallest absolute Gasteiger partial charge is 0.264 e. The van der Waals surface area contributed by atoms with Gasteiger partial charge in [-0.3, -0.25) is 13.9 Å².